The number of thiazole rings is 1. The molecule has 3 heterocycles. The summed E-state index contributed by atoms with van der Waals surface area (Å²) < 4.78 is 17.7. The Hall–Kier alpha value is -3.17. The van der Waals surface area contributed by atoms with Gasteiger partial charge in [-0.1, -0.05) is 15.9 Å². The maximum atomic E-state index is 13.6. The van der Waals surface area contributed by atoms with Gasteiger partial charge in [0.15, 0.2) is 10.6 Å². The van der Waals surface area contributed by atoms with Crippen molar-refractivity contribution < 1.29 is 18.7 Å². The third kappa shape index (κ3) is 3.03. The monoisotopic (exact) mass is 498 g/mol. The molecule has 0 aliphatic carbocycles. The summed E-state index contributed by atoms with van der Waals surface area (Å²) in [5.74, 6) is 0.664. The number of anilines is 1. The highest BCUT2D eigenvalue weighted by atomic mass is 79.9. The minimum atomic E-state index is -0.779. The number of hydrogen-bond donors (Lipinski definition) is 0. The summed E-state index contributed by atoms with van der Waals surface area (Å²) in [6.45, 7) is 0. The number of aromatic nitrogens is 1. The lowest BCUT2D eigenvalue weighted by molar-refractivity contribution is 0.0970. The number of rotatable bonds is 4. The van der Waals surface area contributed by atoms with Crippen molar-refractivity contribution in [3.63, 3.8) is 0 Å². The molecule has 9 heteroatoms. The molecule has 2 aromatic heterocycles. The van der Waals surface area contributed by atoms with Crippen LogP contribution in [0.3, 0.4) is 0 Å². The summed E-state index contributed by atoms with van der Waals surface area (Å²) in [6, 6.07) is 9.61. The molecule has 0 fully saturated rings. The van der Waals surface area contributed by atoms with Crippen LogP contribution in [0, 0.1) is 0 Å². The number of carbonyl (C=O) groups excluding carboxylic acids is 1. The normalized spacial score (nSPS) is 15.4. The third-order valence-electron chi connectivity index (χ3n) is 5.19. The van der Waals surface area contributed by atoms with Crippen LogP contribution in [0.15, 0.2) is 61.7 Å². The predicted octanol–water partition coefficient (Wildman–Crippen LogP) is 4.78. The number of nitrogens with zero attached hydrogens (tertiary/aromatic N) is 2. The van der Waals surface area contributed by atoms with Gasteiger partial charge >= 0.3 is 0 Å². The smallest absolute Gasteiger partial charge is 0.297 e. The van der Waals surface area contributed by atoms with Crippen LogP contribution in [-0.4, -0.2) is 25.1 Å². The van der Waals surface area contributed by atoms with E-state index in [1.807, 2.05) is 0 Å². The van der Waals surface area contributed by atoms with Crippen LogP contribution in [0.25, 0.3) is 11.0 Å². The van der Waals surface area contributed by atoms with Gasteiger partial charge in [-0.05, 0) is 36.4 Å². The lowest BCUT2D eigenvalue weighted by Gasteiger charge is -2.24. The maximum Gasteiger partial charge on any atom is 0.297 e. The van der Waals surface area contributed by atoms with E-state index in [0.29, 0.717) is 33.2 Å². The number of ether oxygens (including phenoxy) is 2. The molecule has 4 aromatic rings. The summed E-state index contributed by atoms with van der Waals surface area (Å²) in [5, 5.41) is 2.61. The first-order valence-corrected chi connectivity index (χ1v) is 10.9. The molecule has 2 aromatic carbocycles. The molecule has 0 saturated heterocycles. The van der Waals surface area contributed by atoms with Gasteiger partial charge in [-0.15, -0.1) is 11.3 Å². The van der Waals surface area contributed by atoms with Gasteiger partial charge in [-0.2, -0.15) is 0 Å². The standard InChI is InChI=1S/C22H15BrN2O5S/c1-28-12-4-6-15(29-2)13(10-12)18-17-19(26)14-9-11(23)3-5-16(14)30-20(17)21(27)25(18)22-24-7-8-31-22/h3-10,18H,1-2H3/t18-/m1/s1. The highest BCUT2D eigenvalue weighted by Gasteiger charge is 2.46. The minimum Gasteiger partial charge on any atom is -0.497 e. The van der Waals surface area contributed by atoms with Crippen LogP contribution in [0.4, 0.5) is 5.13 Å². The zero-order valence-corrected chi connectivity index (χ0v) is 18.8. The van der Waals surface area contributed by atoms with E-state index in [1.165, 1.54) is 23.3 Å². The van der Waals surface area contributed by atoms with Crippen molar-refractivity contribution in [2.45, 2.75) is 6.04 Å². The first-order chi connectivity index (χ1) is 15.0. The molecule has 156 valence electrons. The zero-order valence-electron chi connectivity index (χ0n) is 16.4. The Bertz CT molecular complexity index is 1380. The van der Waals surface area contributed by atoms with Crippen molar-refractivity contribution >= 4 is 49.3 Å². The van der Waals surface area contributed by atoms with E-state index in [9.17, 15) is 9.59 Å². The first-order valence-electron chi connectivity index (χ1n) is 9.24. The summed E-state index contributed by atoms with van der Waals surface area (Å²) >= 11 is 4.70. The fourth-order valence-corrected chi connectivity index (χ4v) is 4.85. The van der Waals surface area contributed by atoms with Crippen LogP contribution in [-0.2, 0) is 0 Å². The van der Waals surface area contributed by atoms with Gasteiger partial charge in [0.05, 0.1) is 25.2 Å². The Morgan fingerprint density at radius 3 is 2.68 bits per heavy atom. The second-order valence-corrected chi connectivity index (χ2v) is 8.60. The van der Waals surface area contributed by atoms with E-state index < -0.39 is 11.9 Å². The molecule has 5 rings (SSSR count). The fourth-order valence-electron chi connectivity index (χ4n) is 3.82. The van der Waals surface area contributed by atoms with E-state index in [-0.39, 0.29) is 16.8 Å². The molecule has 1 amide bonds. The molecule has 0 saturated carbocycles. The van der Waals surface area contributed by atoms with E-state index >= 15 is 0 Å². The lowest BCUT2D eigenvalue weighted by atomic mass is 9.97. The molecular weight excluding hydrogens is 484 g/mol. The Labute approximate surface area is 189 Å². The van der Waals surface area contributed by atoms with Gasteiger partial charge in [0.25, 0.3) is 5.91 Å². The SMILES string of the molecule is COc1ccc(OC)c([C@@H]2c3c(oc4ccc(Br)cc4c3=O)C(=O)N2c2nccs2)c1. The van der Waals surface area contributed by atoms with Crippen molar-refractivity contribution in [3.8, 4) is 11.5 Å². The number of carbonyl (C=O) groups is 1. The summed E-state index contributed by atoms with van der Waals surface area (Å²) in [6.07, 6.45) is 1.61. The molecule has 0 bridgehead atoms. The second kappa shape index (κ2) is 7.51. The van der Waals surface area contributed by atoms with Gasteiger partial charge < -0.3 is 13.9 Å². The van der Waals surface area contributed by atoms with Crippen molar-refractivity contribution in [3.05, 3.63) is 79.6 Å². The molecule has 1 aliphatic heterocycles. The van der Waals surface area contributed by atoms with Crippen molar-refractivity contribution in [2.75, 3.05) is 19.1 Å². The first kappa shape index (κ1) is 19.8. The molecule has 0 N–H and O–H groups in total. The lowest BCUT2D eigenvalue weighted by Crippen LogP contribution is -2.29. The number of amides is 1. The molecular formula is C22H15BrN2O5S. The topological polar surface area (TPSA) is 81.9 Å². The van der Waals surface area contributed by atoms with Crippen LogP contribution >= 0.6 is 27.3 Å². The number of methoxy groups -OCH3 is 2. The van der Waals surface area contributed by atoms with Crippen LogP contribution in [0.2, 0.25) is 0 Å². The quantitative estimate of drug-likeness (QED) is 0.402. The minimum absolute atomic E-state index is 0.00453. The van der Waals surface area contributed by atoms with Gasteiger partial charge in [0.1, 0.15) is 23.1 Å². The molecule has 7 nitrogen and oxygen atoms in total. The Balaban J connectivity index is 1.86. The predicted molar refractivity (Wildman–Crippen MR) is 120 cm³/mol. The largest absolute Gasteiger partial charge is 0.497 e. The number of benzene rings is 2. The Kier molecular flexibility index (Phi) is 4.79. The molecule has 1 atom stereocenters. The maximum absolute atomic E-state index is 13.6. The van der Waals surface area contributed by atoms with E-state index in [2.05, 4.69) is 20.9 Å². The van der Waals surface area contributed by atoms with Gasteiger partial charge in [-0.3, -0.25) is 14.5 Å². The second-order valence-electron chi connectivity index (χ2n) is 6.81. The molecule has 31 heavy (non-hydrogen) atoms. The van der Waals surface area contributed by atoms with Gasteiger partial charge in [0.2, 0.25) is 5.76 Å². The van der Waals surface area contributed by atoms with Crippen molar-refractivity contribution in [2.24, 2.45) is 0 Å². The average molecular weight is 499 g/mol. The van der Waals surface area contributed by atoms with Crippen LogP contribution < -0.4 is 19.8 Å². The number of hydrogen-bond acceptors (Lipinski definition) is 7. The van der Waals surface area contributed by atoms with Crippen molar-refractivity contribution in [1.82, 2.24) is 4.98 Å². The summed E-state index contributed by atoms with van der Waals surface area (Å²) in [7, 11) is 3.09. The van der Waals surface area contributed by atoms with Crippen LogP contribution in [0.1, 0.15) is 27.7 Å². The zero-order chi connectivity index (χ0) is 21.7. The third-order valence-corrected chi connectivity index (χ3v) is 6.45. The molecule has 1 aliphatic rings. The molecule has 0 spiro atoms. The Morgan fingerprint density at radius 1 is 1.13 bits per heavy atom. The van der Waals surface area contributed by atoms with E-state index in [1.54, 1.807) is 55.1 Å². The van der Waals surface area contributed by atoms with E-state index in [0.717, 1.165) is 4.47 Å². The Morgan fingerprint density at radius 2 is 1.97 bits per heavy atom. The van der Waals surface area contributed by atoms with Crippen LogP contribution in [0.5, 0.6) is 11.5 Å². The van der Waals surface area contributed by atoms with Gasteiger partial charge in [-0.25, -0.2) is 4.98 Å². The van der Waals surface area contributed by atoms with Gasteiger partial charge in [0, 0.05) is 21.6 Å². The number of halogens is 1. The summed E-state index contributed by atoms with van der Waals surface area (Å²) in [5.41, 5.74) is 0.917. The molecule has 0 unspecified atom stereocenters. The molecule has 0 radical (unpaired) electrons. The van der Waals surface area contributed by atoms with E-state index in [4.69, 9.17) is 13.9 Å². The fraction of sp³-hybridized carbons (Fsp3) is 0.136. The highest BCUT2D eigenvalue weighted by molar-refractivity contribution is 9.10. The highest BCUT2D eigenvalue weighted by Crippen LogP contribution is 2.45. The van der Waals surface area contributed by atoms with Crippen molar-refractivity contribution in [1.29, 1.82) is 0 Å². The number of fused-ring (bicyclic) bond motifs is 2. The summed E-state index contributed by atoms with van der Waals surface area (Å²) in [4.78, 5) is 32.9. The average Bonchev–Trinajstić information content (AvgIpc) is 3.40.